The summed E-state index contributed by atoms with van der Waals surface area (Å²) in [6.07, 6.45) is 1.97. The second-order valence-electron chi connectivity index (χ2n) is 7.19. The highest BCUT2D eigenvalue weighted by Crippen LogP contribution is 2.31. The summed E-state index contributed by atoms with van der Waals surface area (Å²) in [6.45, 7) is 1.30. The zero-order valence-electron chi connectivity index (χ0n) is 16.4. The minimum absolute atomic E-state index is 0.0846. The number of nitrogens with zero attached hydrogens (tertiary/aromatic N) is 1. The fourth-order valence-corrected chi connectivity index (χ4v) is 3.78. The molecule has 3 rings (SSSR count). The van der Waals surface area contributed by atoms with Crippen molar-refractivity contribution in [2.24, 2.45) is 5.73 Å². The van der Waals surface area contributed by atoms with Gasteiger partial charge in [0, 0.05) is 16.2 Å². The fourth-order valence-electron chi connectivity index (χ4n) is 2.97. The molecule has 6 nitrogen and oxygen atoms in total. The fraction of sp³-hybridized carbons (Fsp3) is 0.318. The highest BCUT2D eigenvalue weighted by molar-refractivity contribution is 7.99. The summed E-state index contributed by atoms with van der Waals surface area (Å²) in [5, 5.41) is 28.9. The standard InChI is InChI=1S/C22H27N3O3S/c1-2-21-24-12-19(25-21)15-3-7-17(8-4-15)29-18-9-5-16(6-10-18)20(28)11-22(23,13-26)14-27/h3-10,12,20,26-28H,2,11,13-14,23H2,1H3,(H,24,25). The van der Waals surface area contributed by atoms with E-state index in [0.717, 1.165) is 33.3 Å². The smallest absolute Gasteiger partial charge is 0.106 e. The van der Waals surface area contributed by atoms with E-state index in [9.17, 15) is 15.3 Å². The van der Waals surface area contributed by atoms with Crippen LogP contribution in [0.25, 0.3) is 11.3 Å². The SMILES string of the molecule is CCc1ncc(-c2ccc(Sc3ccc(C(O)CC(N)(CO)CO)cc3)cc2)[nH]1. The maximum Gasteiger partial charge on any atom is 0.106 e. The van der Waals surface area contributed by atoms with Crippen LogP contribution >= 0.6 is 11.8 Å². The molecule has 0 aliphatic rings. The number of aryl methyl sites for hydroxylation is 1. The van der Waals surface area contributed by atoms with Gasteiger partial charge < -0.3 is 26.0 Å². The van der Waals surface area contributed by atoms with Crippen LogP contribution in [0.4, 0.5) is 0 Å². The highest BCUT2D eigenvalue weighted by Gasteiger charge is 2.27. The molecule has 0 fully saturated rings. The van der Waals surface area contributed by atoms with Crippen LogP contribution in [0.5, 0.6) is 0 Å². The number of nitrogens with two attached hydrogens (primary N) is 1. The van der Waals surface area contributed by atoms with Crippen molar-refractivity contribution in [1.82, 2.24) is 9.97 Å². The number of hydrogen-bond donors (Lipinski definition) is 5. The van der Waals surface area contributed by atoms with Gasteiger partial charge in [-0.2, -0.15) is 0 Å². The first-order valence-corrected chi connectivity index (χ1v) is 10.4. The van der Waals surface area contributed by atoms with Crippen LogP contribution in [0.3, 0.4) is 0 Å². The quantitative estimate of drug-likeness (QED) is 0.368. The number of aromatic amines is 1. The molecule has 6 N–H and O–H groups in total. The molecular formula is C22H27N3O3S. The normalized spacial score (nSPS) is 12.9. The van der Waals surface area contributed by atoms with Crippen molar-refractivity contribution >= 4 is 11.8 Å². The van der Waals surface area contributed by atoms with Gasteiger partial charge in [0.15, 0.2) is 0 Å². The third kappa shape index (κ3) is 5.46. The van der Waals surface area contributed by atoms with Gasteiger partial charge in [0.25, 0.3) is 0 Å². The number of benzene rings is 2. The highest BCUT2D eigenvalue weighted by atomic mass is 32.2. The molecule has 1 unspecified atom stereocenters. The van der Waals surface area contributed by atoms with Crippen LogP contribution < -0.4 is 5.73 Å². The average Bonchev–Trinajstić information content (AvgIpc) is 3.24. The average molecular weight is 414 g/mol. The van der Waals surface area contributed by atoms with E-state index in [1.54, 1.807) is 11.8 Å². The minimum atomic E-state index is -1.19. The van der Waals surface area contributed by atoms with Crippen LogP contribution in [-0.2, 0) is 6.42 Å². The molecule has 1 atom stereocenters. The Kier molecular flexibility index (Phi) is 7.10. The van der Waals surface area contributed by atoms with Gasteiger partial charge in [-0.1, -0.05) is 43.0 Å². The Hall–Kier alpha value is -2.16. The predicted octanol–water partition coefficient (Wildman–Crippen LogP) is 2.90. The van der Waals surface area contributed by atoms with Crippen LogP contribution in [0.1, 0.15) is 30.8 Å². The van der Waals surface area contributed by atoms with Crippen molar-refractivity contribution in [3.05, 3.63) is 66.1 Å². The maximum absolute atomic E-state index is 10.3. The number of imidazole rings is 1. The summed E-state index contributed by atoms with van der Waals surface area (Å²) < 4.78 is 0. The van der Waals surface area contributed by atoms with E-state index in [2.05, 4.69) is 41.2 Å². The molecule has 1 aromatic heterocycles. The summed E-state index contributed by atoms with van der Waals surface area (Å²) in [7, 11) is 0. The van der Waals surface area contributed by atoms with Crippen molar-refractivity contribution in [2.75, 3.05) is 13.2 Å². The molecule has 0 saturated carbocycles. The van der Waals surface area contributed by atoms with Crippen LogP contribution in [-0.4, -0.2) is 44.0 Å². The largest absolute Gasteiger partial charge is 0.394 e. The zero-order valence-corrected chi connectivity index (χ0v) is 17.2. The molecule has 0 aliphatic carbocycles. The molecule has 0 amide bonds. The Morgan fingerprint density at radius 1 is 1.03 bits per heavy atom. The lowest BCUT2D eigenvalue weighted by Crippen LogP contribution is -2.48. The first-order chi connectivity index (χ1) is 14.0. The molecular weight excluding hydrogens is 386 g/mol. The maximum atomic E-state index is 10.3. The van der Waals surface area contributed by atoms with E-state index >= 15 is 0 Å². The van der Waals surface area contributed by atoms with Crippen molar-refractivity contribution in [1.29, 1.82) is 0 Å². The molecule has 0 bridgehead atoms. The molecule has 154 valence electrons. The van der Waals surface area contributed by atoms with Crippen LogP contribution in [0, 0.1) is 0 Å². The van der Waals surface area contributed by atoms with E-state index in [1.807, 2.05) is 30.5 Å². The lowest BCUT2D eigenvalue weighted by molar-refractivity contribution is 0.0618. The third-order valence-corrected chi connectivity index (χ3v) is 5.87. The van der Waals surface area contributed by atoms with Crippen LogP contribution in [0.2, 0.25) is 0 Å². The Bertz CT molecular complexity index is 906. The predicted molar refractivity (Wildman–Crippen MR) is 115 cm³/mol. The summed E-state index contributed by atoms with van der Waals surface area (Å²) in [5.41, 5.74) is 7.48. The summed E-state index contributed by atoms with van der Waals surface area (Å²) in [4.78, 5) is 9.81. The second-order valence-corrected chi connectivity index (χ2v) is 8.34. The molecule has 0 aliphatic heterocycles. The number of nitrogens with one attached hydrogen (secondary N) is 1. The molecule has 3 aromatic rings. The number of hydrogen-bond acceptors (Lipinski definition) is 6. The lowest BCUT2D eigenvalue weighted by atomic mass is 9.92. The number of rotatable bonds is 9. The Balaban J connectivity index is 1.63. The number of aliphatic hydroxyl groups excluding tert-OH is 3. The molecule has 2 aromatic carbocycles. The molecule has 29 heavy (non-hydrogen) atoms. The Morgan fingerprint density at radius 2 is 1.62 bits per heavy atom. The van der Waals surface area contributed by atoms with E-state index in [0.29, 0.717) is 5.56 Å². The van der Waals surface area contributed by atoms with E-state index < -0.39 is 11.6 Å². The number of aromatic nitrogens is 2. The van der Waals surface area contributed by atoms with Crippen molar-refractivity contribution in [3.63, 3.8) is 0 Å². The van der Waals surface area contributed by atoms with Gasteiger partial charge in [-0.3, -0.25) is 0 Å². The topological polar surface area (TPSA) is 115 Å². The Labute approximate surface area is 174 Å². The monoisotopic (exact) mass is 413 g/mol. The molecule has 7 heteroatoms. The summed E-state index contributed by atoms with van der Waals surface area (Å²) in [6, 6.07) is 15.8. The van der Waals surface area contributed by atoms with Gasteiger partial charge in [0.2, 0.25) is 0 Å². The number of H-pyrrole nitrogens is 1. The van der Waals surface area contributed by atoms with Crippen molar-refractivity contribution in [3.8, 4) is 11.3 Å². The van der Waals surface area contributed by atoms with Crippen molar-refractivity contribution in [2.45, 2.75) is 41.2 Å². The van der Waals surface area contributed by atoms with Gasteiger partial charge in [-0.05, 0) is 41.8 Å². The third-order valence-electron chi connectivity index (χ3n) is 4.86. The van der Waals surface area contributed by atoms with Gasteiger partial charge in [0.1, 0.15) is 5.82 Å². The van der Waals surface area contributed by atoms with E-state index in [-0.39, 0.29) is 19.6 Å². The van der Waals surface area contributed by atoms with Crippen LogP contribution in [0.15, 0.2) is 64.5 Å². The summed E-state index contributed by atoms with van der Waals surface area (Å²) >= 11 is 1.63. The molecule has 0 saturated heterocycles. The minimum Gasteiger partial charge on any atom is -0.394 e. The molecule has 0 spiro atoms. The second kappa shape index (κ2) is 9.56. The lowest BCUT2D eigenvalue weighted by Gasteiger charge is -2.27. The van der Waals surface area contributed by atoms with Gasteiger partial charge in [0.05, 0.1) is 36.7 Å². The van der Waals surface area contributed by atoms with Gasteiger partial charge in [-0.25, -0.2) is 4.98 Å². The Morgan fingerprint density at radius 3 is 2.14 bits per heavy atom. The van der Waals surface area contributed by atoms with Gasteiger partial charge in [-0.15, -0.1) is 0 Å². The molecule has 0 radical (unpaired) electrons. The number of aliphatic hydroxyl groups is 3. The van der Waals surface area contributed by atoms with Crippen molar-refractivity contribution < 1.29 is 15.3 Å². The first kappa shape index (κ1) is 21.5. The summed E-state index contributed by atoms with van der Waals surface area (Å²) in [5.74, 6) is 0.977. The zero-order chi connectivity index (χ0) is 20.9. The van der Waals surface area contributed by atoms with Gasteiger partial charge >= 0.3 is 0 Å². The molecule has 1 heterocycles. The van der Waals surface area contributed by atoms with E-state index in [4.69, 9.17) is 5.73 Å². The first-order valence-electron chi connectivity index (χ1n) is 9.57. The van der Waals surface area contributed by atoms with E-state index in [1.165, 1.54) is 0 Å².